The van der Waals surface area contributed by atoms with Crippen LogP contribution in [0.25, 0.3) is 0 Å². The molecule has 3 aromatic rings. The van der Waals surface area contributed by atoms with Crippen LogP contribution in [0.1, 0.15) is 0 Å². The third-order valence-electron chi connectivity index (χ3n) is 4.25. The van der Waals surface area contributed by atoms with Crippen molar-refractivity contribution in [2.24, 2.45) is 0 Å². The van der Waals surface area contributed by atoms with Gasteiger partial charge in [0, 0.05) is 0 Å². The van der Waals surface area contributed by atoms with E-state index in [-0.39, 0.29) is 11.6 Å². The normalized spacial score (nSPS) is 12.2. The van der Waals surface area contributed by atoms with Gasteiger partial charge < -0.3 is 5.48 Å². The maximum absolute atomic E-state index is 9.65. The van der Waals surface area contributed by atoms with Gasteiger partial charge in [0.2, 0.25) is 0 Å². The monoisotopic (exact) mass is 355 g/mol. The summed E-state index contributed by atoms with van der Waals surface area (Å²) in [6.07, 6.45) is 0.269. The second kappa shape index (κ2) is 7.16. The Morgan fingerprint density at radius 3 is 1.21 bits per heavy atom. The standard InChI is InChI=1S/C20H17ClNP.H2O/c21-23(17-16-22,18-10-4-1-5-11-18,19-12-6-2-7-13-19)20-14-8-3-9-15-20;/h1-15H,17H2;1H2. The average Bonchev–Trinajstić information content (AvgIpc) is 2.64. The molecule has 3 rings (SSSR count). The molecule has 3 aromatic carbocycles. The average molecular weight is 356 g/mol. The summed E-state index contributed by atoms with van der Waals surface area (Å²) in [4.78, 5) is 0. The minimum atomic E-state index is -3.32. The molecule has 0 aliphatic carbocycles. The van der Waals surface area contributed by atoms with Crippen LogP contribution in [0.3, 0.4) is 0 Å². The Hall–Kier alpha value is -2.17. The molecule has 0 saturated heterocycles. The summed E-state index contributed by atoms with van der Waals surface area (Å²) in [5.74, 6) is -3.32. The molecule has 122 valence electrons. The number of halogens is 1. The molecule has 0 atom stereocenters. The van der Waals surface area contributed by atoms with E-state index < -0.39 is 5.96 Å². The van der Waals surface area contributed by atoms with E-state index in [1.165, 1.54) is 0 Å². The summed E-state index contributed by atoms with van der Waals surface area (Å²) in [5.41, 5.74) is 0. The van der Waals surface area contributed by atoms with Crippen molar-refractivity contribution in [1.29, 1.82) is 5.26 Å². The quantitative estimate of drug-likeness (QED) is 0.662. The summed E-state index contributed by atoms with van der Waals surface area (Å²) < 4.78 is 0. The zero-order valence-corrected chi connectivity index (χ0v) is 14.8. The van der Waals surface area contributed by atoms with Crippen molar-refractivity contribution in [3.63, 3.8) is 0 Å². The van der Waals surface area contributed by atoms with E-state index in [9.17, 15) is 5.26 Å². The topological polar surface area (TPSA) is 55.3 Å². The number of rotatable bonds is 4. The molecule has 0 amide bonds. The summed E-state index contributed by atoms with van der Waals surface area (Å²) in [5, 5.41) is 12.7. The Morgan fingerprint density at radius 2 is 0.958 bits per heavy atom. The molecule has 0 aliphatic rings. The summed E-state index contributed by atoms with van der Waals surface area (Å²) >= 11 is 7.58. The maximum Gasteiger partial charge on any atom is -0.412 e. The van der Waals surface area contributed by atoms with Gasteiger partial charge in [0.1, 0.15) is 0 Å². The van der Waals surface area contributed by atoms with E-state index in [0.29, 0.717) is 0 Å². The van der Waals surface area contributed by atoms with Crippen LogP contribution in [0.2, 0.25) is 0 Å². The first-order valence-corrected chi connectivity index (χ1v) is 10.8. The van der Waals surface area contributed by atoms with Crippen molar-refractivity contribution >= 4 is 33.1 Å². The van der Waals surface area contributed by atoms with E-state index in [1.54, 1.807) is 0 Å². The van der Waals surface area contributed by atoms with Crippen LogP contribution in [0.15, 0.2) is 91.0 Å². The zero-order chi connectivity index (χ0) is 16.2. The Morgan fingerprint density at radius 1 is 0.667 bits per heavy atom. The summed E-state index contributed by atoms with van der Waals surface area (Å²) in [7, 11) is 0. The SMILES string of the molecule is N#CCP(Cl)(c1ccccc1)(c1ccccc1)c1ccccc1.O. The van der Waals surface area contributed by atoms with Crippen LogP contribution >= 0.6 is 17.2 Å². The van der Waals surface area contributed by atoms with Gasteiger partial charge in [-0.05, 0) is 0 Å². The molecule has 24 heavy (non-hydrogen) atoms. The van der Waals surface area contributed by atoms with E-state index in [2.05, 4.69) is 6.07 Å². The molecule has 0 bridgehead atoms. The number of hydrogen-bond acceptors (Lipinski definition) is 1. The zero-order valence-electron chi connectivity index (χ0n) is 13.1. The molecule has 2 nitrogen and oxygen atoms in total. The van der Waals surface area contributed by atoms with Gasteiger partial charge in [-0.1, -0.05) is 0 Å². The number of benzene rings is 3. The van der Waals surface area contributed by atoms with Crippen LogP contribution in [0.4, 0.5) is 0 Å². The number of nitrogens with zero attached hydrogens (tertiary/aromatic N) is 1. The third kappa shape index (κ3) is 2.72. The Kier molecular flexibility index (Phi) is 5.42. The van der Waals surface area contributed by atoms with Gasteiger partial charge in [0.25, 0.3) is 0 Å². The molecule has 0 heterocycles. The van der Waals surface area contributed by atoms with Crippen LogP contribution in [0.5, 0.6) is 0 Å². The molecule has 0 aromatic heterocycles. The van der Waals surface area contributed by atoms with Gasteiger partial charge in [-0.15, -0.1) is 0 Å². The smallest absolute Gasteiger partial charge is 0.412 e. The van der Waals surface area contributed by atoms with Crippen molar-refractivity contribution in [3.05, 3.63) is 91.0 Å². The van der Waals surface area contributed by atoms with E-state index in [1.807, 2.05) is 91.0 Å². The molecule has 0 saturated carbocycles. The molecule has 4 heteroatoms. The van der Waals surface area contributed by atoms with Crippen molar-refractivity contribution in [2.75, 3.05) is 6.16 Å². The van der Waals surface area contributed by atoms with Crippen LogP contribution in [-0.4, -0.2) is 11.6 Å². The van der Waals surface area contributed by atoms with Crippen molar-refractivity contribution in [3.8, 4) is 6.07 Å². The minimum absolute atomic E-state index is 0. The molecular weight excluding hydrogens is 337 g/mol. The molecule has 0 radical (unpaired) electrons. The summed E-state index contributed by atoms with van der Waals surface area (Å²) in [6.45, 7) is 0. The van der Waals surface area contributed by atoms with Crippen LogP contribution < -0.4 is 15.9 Å². The maximum atomic E-state index is 9.65. The first-order chi connectivity index (χ1) is 11.2. The van der Waals surface area contributed by atoms with Gasteiger partial charge in [-0.25, -0.2) is 0 Å². The second-order valence-corrected chi connectivity index (χ2v) is 12.0. The first kappa shape index (κ1) is 18.2. The van der Waals surface area contributed by atoms with Crippen molar-refractivity contribution < 1.29 is 5.48 Å². The van der Waals surface area contributed by atoms with E-state index >= 15 is 0 Å². The Balaban J connectivity index is 0.00000208. The van der Waals surface area contributed by atoms with Gasteiger partial charge in [-0.2, -0.15) is 0 Å². The van der Waals surface area contributed by atoms with Gasteiger partial charge >= 0.3 is 142 Å². The minimum Gasteiger partial charge on any atom is -0.412 e. The number of nitriles is 1. The van der Waals surface area contributed by atoms with E-state index in [0.717, 1.165) is 15.9 Å². The second-order valence-electron chi connectivity index (χ2n) is 5.51. The van der Waals surface area contributed by atoms with Crippen LogP contribution in [-0.2, 0) is 0 Å². The van der Waals surface area contributed by atoms with Gasteiger partial charge in [-0.3, -0.25) is 0 Å². The Bertz CT molecular complexity index is 732. The van der Waals surface area contributed by atoms with Crippen molar-refractivity contribution in [2.45, 2.75) is 0 Å². The molecular formula is C20H19ClNOP. The fraction of sp³-hybridized carbons (Fsp3) is 0.0500. The molecule has 0 unspecified atom stereocenters. The predicted octanol–water partition coefficient (Wildman–Crippen LogP) is 3.37. The molecule has 0 spiro atoms. The molecule has 0 aliphatic heterocycles. The molecule has 2 N–H and O–H groups in total. The van der Waals surface area contributed by atoms with Crippen LogP contribution in [0, 0.1) is 11.3 Å². The van der Waals surface area contributed by atoms with E-state index in [4.69, 9.17) is 11.2 Å². The predicted molar refractivity (Wildman–Crippen MR) is 105 cm³/mol. The van der Waals surface area contributed by atoms with Gasteiger partial charge in [0.15, 0.2) is 0 Å². The summed E-state index contributed by atoms with van der Waals surface area (Å²) in [6, 6.07) is 32.5. The first-order valence-electron chi connectivity index (χ1n) is 7.47. The number of hydrogen-bond donors (Lipinski definition) is 0. The van der Waals surface area contributed by atoms with Crippen molar-refractivity contribution in [1.82, 2.24) is 0 Å². The van der Waals surface area contributed by atoms with Gasteiger partial charge in [0.05, 0.1) is 0 Å². The fourth-order valence-corrected chi connectivity index (χ4v) is 8.33. The molecule has 0 fully saturated rings. The largest absolute Gasteiger partial charge is 0.412 e. The fourth-order valence-electron chi connectivity index (χ4n) is 3.07. The Labute approximate surface area is 147 Å². The third-order valence-corrected chi connectivity index (χ3v) is 11.2.